The minimum absolute atomic E-state index is 0.0388. The predicted molar refractivity (Wildman–Crippen MR) is 69.0 cm³/mol. The SMILES string of the molecule is CC(C)CNC(=O)CN(C)C(=O)c1ccc(F)nc1. The summed E-state index contributed by atoms with van der Waals surface area (Å²) < 4.78 is 12.6. The fourth-order valence-electron chi connectivity index (χ4n) is 1.38. The molecule has 0 saturated heterocycles. The highest BCUT2D eigenvalue weighted by Crippen LogP contribution is 2.03. The van der Waals surface area contributed by atoms with Crippen LogP contribution in [-0.2, 0) is 4.79 Å². The van der Waals surface area contributed by atoms with Crippen molar-refractivity contribution < 1.29 is 14.0 Å². The molecular formula is C13H18FN3O2. The Labute approximate surface area is 111 Å². The fourth-order valence-corrected chi connectivity index (χ4v) is 1.38. The monoisotopic (exact) mass is 267 g/mol. The normalized spacial score (nSPS) is 10.4. The number of carbonyl (C=O) groups excluding carboxylic acids is 2. The molecule has 1 N–H and O–H groups in total. The summed E-state index contributed by atoms with van der Waals surface area (Å²) in [5, 5.41) is 2.72. The number of halogens is 1. The van der Waals surface area contributed by atoms with Gasteiger partial charge < -0.3 is 10.2 Å². The van der Waals surface area contributed by atoms with Crippen LogP contribution < -0.4 is 5.32 Å². The van der Waals surface area contributed by atoms with Crippen molar-refractivity contribution in [1.82, 2.24) is 15.2 Å². The van der Waals surface area contributed by atoms with Gasteiger partial charge in [0.05, 0.1) is 12.1 Å². The molecule has 0 radical (unpaired) electrons. The van der Waals surface area contributed by atoms with Crippen molar-refractivity contribution in [3.05, 3.63) is 29.8 Å². The Morgan fingerprint density at radius 1 is 1.42 bits per heavy atom. The molecule has 0 atom stereocenters. The summed E-state index contributed by atoms with van der Waals surface area (Å²) >= 11 is 0. The molecule has 0 aliphatic carbocycles. The van der Waals surface area contributed by atoms with E-state index in [1.807, 2.05) is 13.8 Å². The van der Waals surface area contributed by atoms with Crippen molar-refractivity contribution in [3.8, 4) is 0 Å². The maximum absolute atomic E-state index is 12.6. The van der Waals surface area contributed by atoms with Gasteiger partial charge in [0.2, 0.25) is 11.9 Å². The maximum atomic E-state index is 12.6. The van der Waals surface area contributed by atoms with Crippen LogP contribution in [0.25, 0.3) is 0 Å². The second-order valence-corrected chi connectivity index (χ2v) is 4.73. The Hall–Kier alpha value is -1.98. The van der Waals surface area contributed by atoms with Crippen molar-refractivity contribution in [2.24, 2.45) is 5.92 Å². The summed E-state index contributed by atoms with van der Waals surface area (Å²) in [6.45, 7) is 4.50. The molecule has 0 aromatic carbocycles. The number of likely N-dealkylation sites (N-methyl/N-ethyl adjacent to an activating group) is 1. The molecule has 0 spiro atoms. The first-order valence-corrected chi connectivity index (χ1v) is 6.04. The molecule has 2 amide bonds. The third-order valence-corrected chi connectivity index (χ3v) is 2.41. The van der Waals surface area contributed by atoms with Gasteiger partial charge in [-0.15, -0.1) is 0 Å². The zero-order chi connectivity index (χ0) is 14.4. The minimum Gasteiger partial charge on any atom is -0.354 e. The molecule has 1 aromatic rings. The quantitative estimate of drug-likeness (QED) is 0.812. The molecule has 6 heteroatoms. The molecule has 0 bridgehead atoms. The Morgan fingerprint density at radius 3 is 2.63 bits per heavy atom. The molecule has 0 saturated carbocycles. The topological polar surface area (TPSA) is 62.3 Å². The van der Waals surface area contributed by atoms with Crippen LogP contribution in [0.5, 0.6) is 0 Å². The van der Waals surface area contributed by atoms with E-state index in [1.165, 1.54) is 18.0 Å². The zero-order valence-electron chi connectivity index (χ0n) is 11.3. The number of nitrogens with zero attached hydrogens (tertiary/aromatic N) is 2. The van der Waals surface area contributed by atoms with Gasteiger partial charge in [0.15, 0.2) is 0 Å². The van der Waals surface area contributed by atoms with E-state index < -0.39 is 5.95 Å². The molecule has 19 heavy (non-hydrogen) atoms. The van der Waals surface area contributed by atoms with E-state index in [1.54, 1.807) is 0 Å². The first-order valence-electron chi connectivity index (χ1n) is 6.04. The standard InChI is InChI=1S/C13H18FN3O2/c1-9(2)6-16-12(18)8-17(3)13(19)10-4-5-11(14)15-7-10/h4-5,7,9H,6,8H2,1-3H3,(H,16,18). The number of amides is 2. The van der Waals surface area contributed by atoms with Crippen LogP contribution in [-0.4, -0.2) is 41.8 Å². The summed E-state index contributed by atoms with van der Waals surface area (Å²) in [6, 6.07) is 2.45. The number of hydrogen-bond acceptors (Lipinski definition) is 3. The number of nitrogens with one attached hydrogen (secondary N) is 1. The van der Waals surface area contributed by atoms with Gasteiger partial charge in [0.1, 0.15) is 0 Å². The Balaban J connectivity index is 2.53. The second-order valence-electron chi connectivity index (χ2n) is 4.73. The maximum Gasteiger partial charge on any atom is 0.255 e. The molecule has 1 rings (SSSR count). The third kappa shape index (κ3) is 5.03. The highest BCUT2D eigenvalue weighted by molar-refractivity contribution is 5.96. The van der Waals surface area contributed by atoms with E-state index in [-0.39, 0.29) is 23.9 Å². The van der Waals surface area contributed by atoms with Crippen molar-refractivity contribution in [1.29, 1.82) is 0 Å². The third-order valence-electron chi connectivity index (χ3n) is 2.41. The van der Waals surface area contributed by atoms with Gasteiger partial charge in [-0.25, -0.2) is 4.98 Å². The lowest BCUT2D eigenvalue weighted by molar-refractivity contribution is -0.121. The zero-order valence-corrected chi connectivity index (χ0v) is 11.3. The molecule has 1 aromatic heterocycles. The van der Waals surface area contributed by atoms with E-state index >= 15 is 0 Å². The van der Waals surface area contributed by atoms with E-state index in [2.05, 4.69) is 10.3 Å². The largest absolute Gasteiger partial charge is 0.354 e. The van der Waals surface area contributed by atoms with Gasteiger partial charge in [0, 0.05) is 19.8 Å². The average molecular weight is 267 g/mol. The van der Waals surface area contributed by atoms with E-state index in [0.717, 1.165) is 12.3 Å². The highest BCUT2D eigenvalue weighted by atomic mass is 19.1. The second kappa shape index (κ2) is 6.82. The molecule has 1 heterocycles. The number of rotatable bonds is 5. The van der Waals surface area contributed by atoms with Crippen molar-refractivity contribution in [2.75, 3.05) is 20.1 Å². The molecule has 0 aliphatic heterocycles. The predicted octanol–water partition coefficient (Wildman–Crippen LogP) is 1.06. The van der Waals surface area contributed by atoms with Gasteiger partial charge in [-0.3, -0.25) is 9.59 Å². The lowest BCUT2D eigenvalue weighted by Crippen LogP contribution is -2.39. The average Bonchev–Trinajstić information content (AvgIpc) is 2.36. The van der Waals surface area contributed by atoms with Crippen molar-refractivity contribution >= 4 is 11.8 Å². The van der Waals surface area contributed by atoms with E-state index in [9.17, 15) is 14.0 Å². The summed E-state index contributed by atoms with van der Waals surface area (Å²) in [5.41, 5.74) is 0.251. The first kappa shape index (κ1) is 15.1. The first-order chi connectivity index (χ1) is 8.90. The van der Waals surface area contributed by atoms with Gasteiger partial charge in [-0.1, -0.05) is 13.8 Å². The minimum atomic E-state index is -0.645. The lowest BCUT2D eigenvalue weighted by atomic mass is 10.2. The lowest BCUT2D eigenvalue weighted by Gasteiger charge is -2.17. The van der Waals surface area contributed by atoms with Crippen LogP contribution in [0.15, 0.2) is 18.3 Å². The van der Waals surface area contributed by atoms with Crippen molar-refractivity contribution in [3.63, 3.8) is 0 Å². The summed E-state index contributed by atoms with van der Waals surface area (Å²) in [6.07, 6.45) is 1.15. The van der Waals surface area contributed by atoms with Crippen LogP contribution >= 0.6 is 0 Å². The Kier molecular flexibility index (Phi) is 5.41. The summed E-state index contributed by atoms with van der Waals surface area (Å²) in [7, 11) is 1.51. The van der Waals surface area contributed by atoms with E-state index in [4.69, 9.17) is 0 Å². The Bertz CT molecular complexity index is 446. The molecule has 104 valence electrons. The number of hydrogen-bond donors (Lipinski definition) is 1. The van der Waals surface area contributed by atoms with Crippen LogP contribution in [0.1, 0.15) is 24.2 Å². The molecule has 0 unspecified atom stereocenters. The van der Waals surface area contributed by atoms with Crippen LogP contribution in [0, 0.1) is 11.9 Å². The number of pyridine rings is 1. The summed E-state index contributed by atoms with van der Waals surface area (Å²) in [4.78, 5) is 28.2. The van der Waals surface area contributed by atoms with Gasteiger partial charge in [-0.2, -0.15) is 4.39 Å². The van der Waals surface area contributed by atoms with Gasteiger partial charge in [-0.05, 0) is 18.1 Å². The van der Waals surface area contributed by atoms with Crippen LogP contribution in [0.3, 0.4) is 0 Å². The van der Waals surface area contributed by atoms with Crippen molar-refractivity contribution in [2.45, 2.75) is 13.8 Å². The Morgan fingerprint density at radius 2 is 2.11 bits per heavy atom. The van der Waals surface area contributed by atoms with Crippen LogP contribution in [0.4, 0.5) is 4.39 Å². The smallest absolute Gasteiger partial charge is 0.255 e. The fraction of sp³-hybridized carbons (Fsp3) is 0.462. The molecule has 0 aliphatic rings. The van der Waals surface area contributed by atoms with Gasteiger partial charge >= 0.3 is 0 Å². The van der Waals surface area contributed by atoms with Gasteiger partial charge in [0.25, 0.3) is 5.91 Å². The summed E-state index contributed by atoms with van der Waals surface area (Å²) in [5.74, 6) is -0.882. The molecular weight excluding hydrogens is 249 g/mol. The highest BCUT2D eigenvalue weighted by Gasteiger charge is 2.15. The molecule has 5 nitrogen and oxygen atoms in total. The molecule has 0 fully saturated rings. The van der Waals surface area contributed by atoms with E-state index in [0.29, 0.717) is 12.5 Å². The van der Waals surface area contributed by atoms with Crippen LogP contribution in [0.2, 0.25) is 0 Å². The number of aromatic nitrogens is 1. The number of carbonyl (C=O) groups is 2.